The second kappa shape index (κ2) is 9.19. The Labute approximate surface area is 119 Å². The van der Waals surface area contributed by atoms with Crippen molar-refractivity contribution in [2.24, 2.45) is 0 Å². The molecular formula is C11H19ClN6O. The van der Waals surface area contributed by atoms with Crippen LogP contribution in [0.5, 0.6) is 0 Å². The highest BCUT2D eigenvalue weighted by Crippen LogP contribution is 2.12. The second-order valence-corrected chi connectivity index (χ2v) is 3.45. The minimum Gasteiger partial charge on any atom is -0.354 e. The number of terminal acetylenes is 1. The van der Waals surface area contributed by atoms with Gasteiger partial charge in [-0.15, -0.1) is 18.8 Å². The highest BCUT2D eigenvalue weighted by atomic mass is 35.5. The quantitative estimate of drug-likeness (QED) is 0.575. The van der Waals surface area contributed by atoms with Gasteiger partial charge in [0, 0.05) is 13.6 Å². The van der Waals surface area contributed by atoms with Gasteiger partial charge in [0.1, 0.15) is 0 Å². The Hall–Kier alpha value is -1.78. The third-order valence-corrected chi connectivity index (χ3v) is 2.06. The van der Waals surface area contributed by atoms with Crippen LogP contribution in [-0.4, -0.2) is 42.2 Å². The molecule has 8 heteroatoms. The number of aromatic nitrogens is 3. The first-order valence-corrected chi connectivity index (χ1v) is 5.66. The normalized spacial score (nSPS) is 9.16. The van der Waals surface area contributed by atoms with Gasteiger partial charge in [-0.05, 0) is 6.42 Å². The van der Waals surface area contributed by atoms with Crippen molar-refractivity contribution < 1.29 is 4.84 Å². The fraction of sp³-hybridized carbons (Fsp3) is 0.545. The largest absolute Gasteiger partial charge is 0.354 e. The summed E-state index contributed by atoms with van der Waals surface area (Å²) in [4.78, 5) is 17.7. The van der Waals surface area contributed by atoms with E-state index in [0.29, 0.717) is 24.4 Å². The van der Waals surface area contributed by atoms with Crippen molar-refractivity contribution in [3.63, 3.8) is 0 Å². The number of anilines is 3. The smallest absolute Gasteiger partial charge is 0.256 e. The number of hydrogen-bond acceptors (Lipinski definition) is 7. The van der Waals surface area contributed by atoms with Gasteiger partial charge in [-0.25, -0.2) is 5.06 Å². The van der Waals surface area contributed by atoms with Gasteiger partial charge >= 0.3 is 0 Å². The molecule has 1 heterocycles. The predicted octanol–water partition coefficient (Wildman–Crippen LogP) is 1.16. The minimum absolute atomic E-state index is 0. The van der Waals surface area contributed by atoms with Crippen LogP contribution in [0.3, 0.4) is 0 Å². The van der Waals surface area contributed by atoms with E-state index in [0.717, 1.165) is 13.0 Å². The second-order valence-electron chi connectivity index (χ2n) is 3.45. The zero-order valence-corrected chi connectivity index (χ0v) is 12.1. The van der Waals surface area contributed by atoms with E-state index < -0.39 is 0 Å². The summed E-state index contributed by atoms with van der Waals surface area (Å²) >= 11 is 0. The Kier molecular flexibility index (Phi) is 8.33. The zero-order valence-electron chi connectivity index (χ0n) is 11.3. The van der Waals surface area contributed by atoms with Gasteiger partial charge in [0.2, 0.25) is 11.9 Å². The average Bonchev–Trinajstić information content (AvgIpc) is 2.41. The van der Waals surface area contributed by atoms with Crippen molar-refractivity contribution in [2.45, 2.75) is 13.3 Å². The molecule has 0 saturated carbocycles. The molecule has 0 saturated heterocycles. The van der Waals surface area contributed by atoms with Gasteiger partial charge in [0.25, 0.3) is 5.95 Å². The maximum absolute atomic E-state index is 5.18. The molecule has 0 spiro atoms. The molecule has 1 aromatic heterocycles. The maximum Gasteiger partial charge on any atom is 0.256 e. The zero-order chi connectivity index (χ0) is 13.4. The van der Waals surface area contributed by atoms with Gasteiger partial charge < -0.3 is 10.6 Å². The molecule has 0 aromatic carbocycles. The lowest BCUT2D eigenvalue weighted by molar-refractivity contribution is 0.180. The van der Waals surface area contributed by atoms with E-state index in [1.54, 1.807) is 7.05 Å². The summed E-state index contributed by atoms with van der Waals surface area (Å²) in [6.45, 7) is 3.20. The SMILES string of the molecule is C#CCNc1nc(NCCC)nc(N(C)OC)n1.Cl. The van der Waals surface area contributed by atoms with E-state index >= 15 is 0 Å². The van der Waals surface area contributed by atoms with Crippen LogP contribution in [0, 0.1) is 12.3 Å². The van der Waals surface area contributed by atoms with Crippen LogP contribution >= 0.6 is 12.4 Å². The third-order valence-electron chi connectivity index (χ3n) is 2.06. The van der Waals surface area contributed by atoms with E-state index in [4.69, 9.17) is 11.3 Å². The lowest BCUT2D eigenvalue weighted by Crippen LogP contribution is -2.20. The van der Waals surface area contributed by atoms with E-state index in [1.807, 2.05) is 0 Å². The van der Waals surface area contributed by atoms with Gasteiger partial charge in [-0.2, -0.15) is 15.0 Å². The summed E-state index contributed by atoms with van der Waals surface area (Å²) in [5.41, 5.74) is 0. The summed E-state index contributed by atoms with van der Waals surface area (Å²) in [6.07, 6.45) is 6.16. The fourth-order valence-corrected chi connectivity index (χ4v) is 1.11. The minimum atomic E-state index is 0. The van der Waals surface area contributed by atoms with Gasteiger partial charge in [-0.1, -0.05) is 12.8 Å². The van der Waals surface area contributed by atoms with Crippen LogP contribution in [0.1, 0.15) is 13.3 Å². The Bertz CT molecular complexity index is 422. The first-order chi connectivity index (χ1) is 8.71. The molecule has 0 atom stereocenters. The summed E-state index contributed by atoms with van der Waals surface area (Å²) in [5.74, 6) is 3.78. The molecule has 0 radical (unpaired) electrons. The summed E-state index contributed by atoms with van der Waals surface area (Å²) in [6, 6.07) is 0. The Morgan fingerprint density at radius 3 is 2.42 bits per heavy atom. The molecular weight excluding hydrogens is 268 g/mol. The first kappa shape index (κ1) is 17.2. The van der Waals surface area contributed by atoms with Crippen LogP contribution in [-0.2, 0) is 4.84 Å². The maximum atomic E-state index is 5.18. The Morgan fingerprint density at radius 1 is 1.26 bits per heavy atom. The third kappa shape index (κ3) is 5.59. The number of rotatable bonds is 7. The number of nitrogens with zero attached hydrogens (tertiary/aromatic N) is 4. The van der Waals surface area contributed by atoms with Crippen LogP contribution in [0.25, 0.3) is 0 Å². The lowest BCUT2D eigenvalue weighted by Gasteiger charge is -2.15. The van der Waals surface area contributed by atoms with Crippen molar-refractivity contribution >= 4 is 30.3 Å². The van der Waals surface area contributed by atoms with Crippen LogP contribution in [0.2, 0.25) is 0 Å². The number of hydroxylamine groups is 1. The molecule has 19 heavy (non-hydrogen) atoms. The van der Waals surface area contributed by atoms with Crippen LogP contribution in [0.15, 0.2) is 0 Å². The fourth-order valence-electron chi connectivity index (χ4n) is 1.11. The predicted molar refractivity (Wildman–Crippen MR) is 78.6 cm³/mol. The van der Waals surface area contributed by atoms with Gasteiger partial charge in [0.05, 0.1) is 13.7 Å². The molecule has 0 fully saturated rings. The van der Waals surface area contributed by atoms with Crippen molar-refractivity contribution in [3.05, 3.63) is 0 Å². The molecule has 0 aliphatic rings. The van der Waals surface area contributed by atoms with E-state index in [2.05, 4.69) is 38.4 Å². The number of hydrogen-bond donors (Lipinski definition) is 2. The van der Waals surface area contributed by atoms with Crippen molar-refractivity contribution in [3.8, 4) is 12.3 Å². The highest BCUT2D eigenvalue weighted by molar-refractivity contribution is 5.85. The van der Waals surface area contributed by atoms with E-state index in [1.165, 1.54) is 12.2 Å². The number of halogens is 1. The molecule has 2 N–H and O–H groups in total. The molecule has 1 aromatic rings. The molecule has 7 nitrogen and oxygen atoms in total. The average molecular weight is 287 g/mol. The summed E-state index contributed by atoms with van der Waals surface area (Å²) < 4.78 is 0. The van der Waals surface area contributed by atoms with Crippen molar-refractivity contribution in [1.82, 2.24) is 15.0 Å². The molecule has 0 bridgehead atoms. The molecule has 1 rings (SSSR count). The molecule has 0 amide bonds. The molecule has 106 valence electrons. The highest BCUT2D eigenvalue weighted by Gasteiger charge is 2.09. The standard InChI is InChI=1S/C11H18N6O.ClH/c1-5-7-12-9-14-10(13-8-6-2)16-11(15-9)17(3)18-4;/h1H,6-8H2,2-4H3,(H2,12,13,14,15,16);1H. The summed E-state index contributed by atoms with van der Waals surface area (Å²) in [5, 5.41) is 7.45. The first-order valence-electron chi connectivity index (χ1n) is 5.66. The van der Waals surface area contributed by atoms with Crippen LogP contribution < -0.4 is 15.7 Å². The topological polar surface area (TPSA) is 75.2 Å². The monoisotopic (exact) mass is 286 g/mol. The van der Waals surface area contributed by atoms with E-state index in [9.17, 15) is 0 Å². The summed E-state index contributed by atoms with van der Waals surface area (Å²) in [7, 11) is 3.25. The van der Waals surface area contributed by atoms with Gasteiger partial charge in [0.15, 0.2) is 0 Å². The van der Waals surface area contributed by atoms with Crippen molar-refractivity contribution in [1.29, 1.82) is 0 Å². The molecule has 0 aliphatic heterocycles. The Morgan fingerprint density at radius 2 is 1.89 bits per heavy atom. The molecule has 0 aliphatic carbocycles. The number of nitrogens with one attached hydrogen (secondary N) is 2. The van der Waals surface area contributed by atoms with Gasteiger partial charge in [-0.3, -0.25) is 4.84 Å². The molecule has 0 unspecified atom stereocenters. The lowest BCUT2D eigenvalue weighted by atomic mass is 10.5. The van der Waals surface area contributed by atoms with E-state index in [-0.39, 0.29) is 12.4 Å². The Balaban J connectivity index is 0.00000324. The van der Waals surface area contributed by atoms with Crippen molar-refractivity contribution in [2.75, 3.05) is 42.9 Å². The van der Waals surface area contributed by atoms with Crippen LogP contribution in [0.4, 0.5) is 17.8 Å².